The molecule has 0 amide bonds. The van der Waals surface area contributed by atoms with Gasteiger partial charge in [0.25, 0.3) is 5.69 Å². The van der Waals surface area contributed by atoms with Crippen LogP contribution in [-0.4, -0.2) is 17.5 Å². The number of furan rings is 1. The van der Waals surface area contributed by atoms with Gasteiger partial charge in [0.2, 0.25) is 0 Å². The first-order valence-electron chi connectivity index (χ1n) is 7.52. The number of nitriles is 1. The van der Waals surface area contributed by atoms with E-state index in [0.717, 1.165) is 5.56 Å². The van der Waals surface area contributed by atoms with Gasteiger partial charge in [-0.2, -0.15) is 5.26 Å². The summed E-state index contributed by atoms with van der Waals surface area (Å²) >= 11 is 0. The van der Waals surface area contributed by atoms with Crippen molar-refractivity contribution in [3.8, 4) is 17.4 Å². The minimum atomic E-state index is -0.732. The molecule has 1 heterocycles. The molecule has 2 aromatic rings. The second kappa shape index (κ2) is 7.45. The van der Waals surface area contributed by atoms with Crippen molar-refractivity contribution < 1.29 is 18.9 Å². The van der Waals surface area contributed by atoms with E-state index in [1.54, 1.807) is 45.0 Å². The third kappa shape index (κ3) is 3.93. The smallest absolute Gasteiger partial charge is 0.349 e. The van der Waals surface area contributed by atoms with Gasteiger partial charge < -0.3 is 9.15 Å². The van der Waals surface area contributed by atoms with E-state index in [1.165, 1.54) is 12.1 Å². The van der Waals surface area contributed by atoms with Crippen LogP contribution in [-0.2, 0) is 9.53 Å². The average Bonchev–Trinajstić information content (AvgIpc) is 3.03. The molecular formula is C18H16N2O5. The molecule has 0 fully saturated rings. The molecule has 0 unspecified atom stereocenters. The van der Waals surface area contributed by atoms with Crippen molar-refractivity contribution >= 4 is 17.7 Å². The molecule has 128 valence electrons. The van der Waals surface area contributed by atoms with Crippen LogP contribution in [0.5, 0.6) is 0 Å². The van der Waals surface area contributed by atoms with Gasteiger partial charge in [-0.3, -0.25) is 10.1 Å². The average molecular weight is 340 g/mol. The predicted molar refractivity (Wildman–Crippen MR) is 90.5 cm³/mol. The highest BCUT2D eigenvalue weighted by atomic mass is 16.6. The summed E-state index contributed by atoms with van der Waals surface area (Å²) in [6.45, 7) is 5.27. The molecule has 0 bridgehead atoms. The summed E-state index contributed by atoms with van der Waals surface area (Å²) < 4.78 is 10.4. The quantitative estimate of drug-likeness (QED) is 0.268. The minimum Gasteiger partial charge on any atom is -0.462 e. The zero-order valence-electron chi connectivity index (χ0n) is 14.0. The molecule has 0 N–H and O–H groups in total. The van der Waals surface area contributed by atoms with E-state index in [2.05, 4.69) is 0 Å². The highest BCUT2D eigenvalue weighted by molar-refractivity contribution is 5.97. The summed E-state index contributed by atoms with van der Waals surface area (Å²) in [6, 6.07) is 8.18. The molecule has 2 rings (SSSR count). The van der Waals surface area contributed by atoms with Gasteiger partial charge in [0.15, 0.2) is 0 Å². The standard InChI is InChI=1S/C18H16N2O5/c1-4-24-18(21)14(10-19)8-15-5-6-17(25-15)13-7-11(2)12(3)16(9-13)20(22)23/h5-9H,4H2,1-3H3/b14-8+. The summed E-state index contributed by atoms with van der Waals surface area (Å²) in [4.78, 5) is 22.3. The number of aryl methyl sites for hydroxylation is 1. The maximum atomic E-state index is 11.6. The van der Waals surface area contributed by atoms with Gasteiger partial charge in [-0.15, -0.1) is 0 Å². The third-order valence-electron chi connectivity index (χ3n) is 3.65. The Morgan fingerprint density at radius 2 is 2.12 bits per heavy atom. The molecule has 7 nitrogen and oxygen atoms in total. The van der Waals surface area contributed by atoms with Crippen molar-refractivity contribution in [2.24, 2.45) is 0 Å². The fraction of sp³-hybridized carbons (Fsp3) is 0.222. The number of benzene rings is 1. The summed E-state index contributed by atoms with van der Waals surface area (Å²) in [5.74, 6) is -0.0520. The zero-order chi connectivity index (χ0) is 18.6. The molecule has 0 aliphatic rings. The van der Waals surface area contributed by atoms with Crippen LogP contribution < -0.4 is 0 Å². The van der Waals surface area contributed by atoms with Gasteiger partial charge in [0.05, 0.1) is 11.5 Å². The lowest BCUT2D eigenvalue weighted by Crippen LogP contribution is -2.05. The molecule has 25 heavy (non-hydrogen) atoms. The molecule has 0 saturated heterocycles. The van der Waals surface area contributed by atoms with Crippen molar-refractivity contribution in [2.45, 2.75) is 20.8 Å². The predicted octanol–water partition coefficient (Wildman–Crippen LogP) is 3.94. The lowest BCUT2D eigenvalue weighted by atomic mass is 10.0. The Hall–Kier alpha value is -3.40. The van der Waals surface area contributed by atoms with Crippen LogP contribution in [0.1, 0.15) is 23.8 Å². The summed E-state index contributed by atoms with van der Waals surface area (Å²) in [5.41, 5.74) is 1.72. The summed E-state index contributed by atoms with van der Waals surface area (Å²) in [6.07, 6.45) is 1.27. The van der Waals surface area contributed by atoms with Gasteiger partial charge in [-0.1, -0.05) is 0 Å². The maximum Gasteiger partial charge on any atom is 0.349 e. The van der Waals surface area contributed by atoms with Crippen molar-refractivity contribution in [3.63, 3.8) is 0 Å². The number of nitrogens with zero attached hydrogens (tertiary/aromatic N) is 2. The van der Waals surface area contributed by atoms with E-state index in [1.807, 2.05) is 0 Å². The van der Waals surface area contributed by atoms with Crippen molar-refractivity contribution in [3.05, 3.63) is 56.8 Å². The topological polar surface area (TPSA) is 106 Å². The van der Waals surface area contributed by atoms with Gasteiger partial charge in [-0.25, -0.2) is 4.79 Å². The Labute approximate surface area is 144 Å². The van der Waals surface area contributed by atoms with Crippen LogP contribution in [0.15, 0.2) is 34.3 Å². The first-order valence-corrected chi connectivity index (χ1v) is 7.52. The van der Waals surface area contributed by atoms with Crippen LogP contribution >= 0.6 is 0 Å². The van der Waals surface area contributed by atoms with E-state index in [0.29, 0.717) is 16.9 Å². The van der Waals surface area contributed by atoms with E-state index in [4.69, 9.17) is 14.4 Å². The van der Waals surface area contributed by atoms with E-state index in [-0.39, 0.29) is 23.6 Å². The SMILES string of the molecule is CCOC(=O)/C(C#N)=C/c1ccc(-c2cc(C)c(C)c([N+](=O)[O-])c2)o1. The zero-order valence-corrected chi connectivity index (χ0v) is 14.0. The number of hydrogen-bond donors (Lipinski definition) is 0. The van der Waals surface area contributed by atoms with Crippen LogP contribution in [0.3, 0.4) is 0 Å². The minimum absolute atomic E-state index is 0.00716. The Kier molecular flexibility index (Phi) is 5.35. The molecule has 0 atom stereocenters. The van der Waals surface area contributed by atoms with Gasteiger partial charge in [-0.05, 0) is 44.5 Å². The van der Waals surface area contributed by atoms with Crippen LogP contribution in [0.25, 0.3) is 17.4 Å². The number of nitro benzene ring substituents is 1. The number of carbonyl (C=O) groups excluding carboxylic acids is 1. The van der Waals surface area contributed by atoms with E-state index in [9.17, 15) is 14.9 Å². The summed E-state index contributed by atoms with van der Waals surface area (Å²) in [5, 5.41) is 20.2. The van der Waals surface area contributed by atoms with Gasteiger partial charge in [0.1, 0.15) is 23.2 Å². The normalized spacial score (nSPS) is 11.0. The lowest BCUT2D eigenvalue weighted by molar-refractivity contribution is -0.385. The fourth-order valence-electron chi connectivity index (χ4n) is 2.25. The van der Waals surface area contributed by atoms with Crippen molar-refractivity contribution in [1.82, 2.24) is 0 Å². The van der Waals surface area contributed by atoms with E-state index < -0.39 is 10.9 Å². The Morgan fingerprint density at radius 1 is 1.40 bits per heavy atom. The van der Waals surface area contributed by atoms with Gasteiger partial charge >= 0.3 is 5.97 Å². The van der Waals surface area contributed by atoms with Crippen LogP contribution in [0, 0.1) is 35.3 Å². The number of nitro groups is 1. The molecule has 0 aliphatic carbocycles. The molecule has 1 aromatic heterocycles. The Morgan fingerprint density at radius 3 is 2.72 bits per heavy atom. The third-order valence-corrected chi connectivity index (χ3v) is 3.65. The highest BCUT2D eigenvalue weighted by Crippen LogP contribution is 2.31. The molecule has 0 saturated carbocycles. The number of carbonyl (C=O) groups is 1. The van der Waals surface area contributed by atoms with Crippen molar-refractivity contribution in [1.29, 1.82) is 5.26 Å². The largest absolute Gasteiger partial charge is 0.462 e. The van der Waals surface area contributed by atoms with Crippen molar-refractivity contribution in [2.75, 3.05) is 6.61 Å². The van der Waals surface area contributed by atoms with E-state index >= 15 is 0 Å². The Balaban J connectivity index is 2.41. The lowest BCUT2D eigenvalue weighted by Gasteiger charge is -2.04. The van der Waals surface area contributed by atoms with Crippen LogP contribution in [0.4, 0.5) is 5.69 Å². The molecule has 0 aliphatic heterocycles. The second-order valence-electron chi connectivity index (χ2n) is 5.29. The maximum absolute atomic E-state index is 11.6. The number of rotatable bonds is 5. The molecule has 7 heteroatoms. The molecule has 0 radical (unpaired) electrons. The monoisotopic (exact) mass is 340 g/mol. The second-order valence-corrected chi connectivity index (χ2v) is 5.29. The highest BCUT2D eigenvalue weighted by Gasteiger charge is 2.17. The number of ether oxygens (including phenoxy) is 1. The fourth-order valence-corrected chi connectivity index (χ4v) is 2.25. The van der Waals surface area contributed by atoms with Crippen LogP contribution in [0.2, 0.25) is 0 Å². The molecule has 1 aromatic carbocycles. The molecular weight excluding hydrogens is 324 g/mol. The first-order chi connectivity index (χ1) is 11.9. The first kappa shape index (κ1) is 17.9. The number of hydrogen-bond acceptors (Lipinski definition) is 6. The summed E-state index contributed by atoms with van der Waals surface area (Å²) in [7, 11) is 0. The molecule has 0 spiro atoms. The Bertz CT molecular complexity index is 903. The number of esters is 1. The van der Waals surface area contributed by atoms with Gasteiger partial charge in [0, 0.05) is 23.3 Å².